The molecule has 0 radical (unpaired) electrons. The summed E-state index contributed by atoms with van der Waals surface area (Å²) in [5.74, 6) is -1.76. The van der Waals surface area contributed by atoms with Crippen LogP contribution in [0.15, 0.2) is 96.2 Å². The lowest BCUT2D eigenvalue weighted by Gasteiger charge is -2.59. The fraction of sp³-hybridized carbons (Fsp3) is 0.478. The lowest BCUT2D eigenvalue weighted by Crippen LogP contribution is -2.70. The maximum Gasteiger partial charge on any atom is 0.410 e. The number of methoxy groups -OCH3 is 1. The minimum Gasteiger partial charge on any atom is -0.459 e. The highest BCUT2D eigenvalue weighted by Crippen LogP contribution is 2.62. The number of aliphatic hydroxyl groups excluding tert-OH is 3. The number of amides is 1. The molecule has 3 aromatic carbocycles. The molecule has 0 unspecified atom stereocenters. The van der Waals surface area contributed by atoms with E-state index in [-0.39, 0.29) is 88.2 Å². The lowest BCUT2D eigenvalue weighted by atomic mass is 9.55. The van der Waals surface area contributed by atoms with Crippen molar-refractivity contribution in [2.75, 3.05) is 53.3 Å². The molecule has 0 aromatic heterocycles. The van der Waals surface area contributed by atoms with Crippen molar-refractivity contribution in [2.45, 2.75) is 69.3 Å². The molecular formula is C46H56N4O14. The highest BCUT2D eigenvalue weighted by Gasteiger charge is 2.65. The number of nitro benzene ring substituents is 2. The van der Waals surface area contributed by atoms with Gasteiger partial charge < -0.3 is 43.8 Å². The van der Waals surface area contributed by atoms with Gasteiger partial charge in [-0.1, -0.05) is 36.2 Å². The Bertz CT molecular complexity index is 2150. The first kappa shape index (κ1) is 47.6. The van der Waals surface area contributed by atoms with Crippen molar-refractivity contribution < 1.29 is 58.5 Å². The van der Waals surface area contributed by atoms with Crippen LogP contribution in [0.4, 0.5) is 16.2 Å². The third-order valence-electron chi connectivity index (χ3n) is 12.0. The molecule has 1 aliphatic heterocycles. The fourth-order valence-electron chi connectivity index (χ4n) is 9.23. The van der Waals surface area contributed by atoms with E-state index in [1.54, 1.807) is 42.5 Å². The summed E-state index contributed by atoms with van der Waals surface area (Å²) in [6, 6.07) is 16.3. The Morgan fingerprint density at radius 3 is 2.36 bits per heavy atom. The van der Waals surface area contributed by atoms with E-state index < -0.39 is 39.6 Å². The van der Waals surface area contributed by atoms with Crippen molar-refractivity contribution in [1.82, 2.24) is 4.90 Å². The normalized spacial score (nSPS) is 22.6. The Morgan fingerprint density at radius 1 is 0.938 bits per heavy atom. The number of benzene rings is 3. The van der Waals surface area contributed by atoms with E-state index in [0.717, 1.165) is 11.1 Å². The van der Waals surface area contributed by atoms with Gasteiger partial charge in [0.1, 0.15) is 29.9 Å². The smallest absolute Gasteiger partial charge is 0.410 e. The molecule has 1 heterocycles. The molecule has 1 amide bonds. The van der Waals surface area contributed by atoms with Crippen LogP contribution in [-0.4, -0.2) is 107 Å². The number of oxime groups is 1. The molecule has 3 N–H and O–H groups in total. The molecule has 3 aliphatic rings. The quantitative estimate of drug-likeness (QED) is 0.0349. The van der Waals surface area contributed by atoms with Gasteiger partial charge in [0.15, 0.2) is 0 Å². The van der Waals surface area contributed by atoms with Gasteiger partial charge in [0, 0.05) is 55.9 Å². The van der Waals surface area contributed by atoms with Gasteiger partial charge in [0.05, 0.1) is 61.1 Å². The van der Waals surface area contributed by atoms with Crippen molar-refractivity contribution in [3.8, 4) is 17.2 Å². The summed E-state index contributed by atoms with van der Waals surface area (Å²) in [4.78, 5) is 43.5. The molecule has 18 heteroatoms. The van der Waals surface area contributed by atoms with E-state index in [2.05, 4.69) is 12.7 Å². The Hall–Kier alpha value is -5.92. The monoisotopic (exact) mass is 888 g/mol. The molecule has 6 atom stereocenters. The highest BCUT2D eigenvalue weighted by atomic mass is 16.7. The number of rotatable bonds is 24. The molecule has 0 spiro atoms. The maximum atomic E-state index is 14.0. The van der Waals surface area contributed by atoms with Gasteiger partial charge >= 0.3 is 6.09 Å². The van der Waals surface area contributed by atoms with E-state index in [9.17, 15) is 40.3 Å². The number of allylic oxidation sites excluding steroid dienone is 1. The fourth-order valence-corrected chi connectivity index (χ4v) is 9.23. The summed E-state index contributed by atoms with van der Waals surface area (Å²) >= 11 is 0. The summed E-state index contributed by atoms with van der Waals surface area (Å²) in [6.45, 7) is 3.83. The Morgan fingerprint density at radius 2 is 1.67 bits per heavy atom. The van der Waals surface area contributed by atoms with Crippen LogP contribution < -0.4 is 9.47 Å². The van der Waals surface area contributed by atoms with E-state index in [0.29, 0.717) is 61.3 Å². The molecule has 0 saturated heterocycles. The highest BCUT2D eigenvalue weighted by molar-refractivity contribution is 6.03. The van der Waals surface area contributed by atoms with Crippen LogP contribution >= 0.6 is 0 Å². The zero-order valence-corrected chi connectivity index (χ0v) is 35.8. The van der Waals surface area contributed by atoms with E-state index in [1.165, 1.54) is 36.3 Å². The minimum atomic E-state index is -1.60. The first-order valence-corrected chi connectivity index (χ1v) is 21.5. The minimum absolute atomic E-state index is 0.00177. The molecule has 0 bridgehead atoms. The predicted octanol–water partition coefficient (Wildman–Crippen LogP) is 7.21. The molecule has 1 fully saturated rings. The molecule has 344 valence electrons. The number of nitrogens with zero attached hydrogens (tertiary/aromatic N) is 4. The molecular weight excluding hydrogens is 833 g/mol. The van der Waals surface area contributed by atoms with Crippen LogP contribution in [-0.2, 0) is 25.7 Å². The van der Waals surface area contributed by atoms with Gasteiger partial charge in [-0.05, 0) is 85.1 Å². The summed E-state index contributed by atoms with van der Waals surface area (Å²) in [5.41, 5.74) is 2.46. The van der Waals surface area contributed by atoms with Crippen molar-refractivity contribution >= 4 is 23.2 Å². The summed E-state index contributed by atoms with van der Waals surface area (Å²) in [5, 5.41) is 57.0. The van der Waals surface area contributed by atoms with Crippen molar-refractivity contribution in [3.05, 3.63) is 122 Å². The Kier molecular flexibility index (Phi) is 16.8. The number of carbonyl (C=O) groups excluding carboxylic acids is 1. The Labute approximate surface area is 371 Å². The van der Waals surface area contributed by atoms with Gasteiger partial charge in [-0.25, -0.2) is 4.79 Å². The second-order valence-corrected chi connectivity index (χ2v) is 15.8. The van der Waals surface area contributed by atoms with Crippen molar-refractivity contribution in [3.63, 3.8) is 0 Å². The van der Waals surface area contributed by atoms with Crippen LogP contribution in [0.1, 0.15) is 62.0 Å². The molecule has 2 aliphatic carbocycles. The molecule has 6 rings (SSSR count). The number of hydrogen-bond donors (Lipinski definition) is 3. The van der Waals surface area contributed by atoms with Crippen LogP contribution in [0.3, 0.4) is 0 Å². The van der Waals surface area contributed by atoms with Crippen LogP contribution in [0, 0.1) is 38.0 Å². The first-order valence-electron chi connectivity index (χ1n) is 21.5. The zero-order chi connectivity index (χ0) is 45.6. The second kappa shape index (κ2) is 22.6. The average molecular weight is 889 g/mol. The summed E-state index contributed by atoms with van der Waals surface area (Å²) in [6.07, 6.45) is 7.06. The largest absolute Gasteiger partial charge is 0.459 e. The third kappa shape index (κ3) is 10.9. The number of ether oxygens (including phenoxy) is 5. The van der Waals surface area contributed by atoms with Crippen molar-refractivity contribution in [1.29, 1.82) is 0 Å². The molecule has 1 saturated carbocycles. The lowest BCUT2D eigenvalue weighted by molar-refractivity contribution is -0.385. The van der Waals surface area contributed by atoms with Gasteiger partial charge in [-0.3, -0.25) is 25.1 Å². The van der Waals surface area contributed by atoms with E-state index in [4.69, 9.17) is 33.7 Å². The van der Waals surface area contributed by atoms with Gasteiger partial charge in [0.25, 0.3) is 11.4 Å². The number of unbranched alkanes of at least 4 members (excludes halogenated alkanes) is 2. The molecule has 64 heavy (non-hydrogen) atoms. The van der Waals surface area contributed by atoms with Crippen LogP contribution in [0.5, 0.6) is 17.2 Å². The maximum absolute atomic E-state index is 14.0. The number of aliphatic hydroxyl groups is 3. The predicted molar refractivity (Wildman–Crippen MR) is 233 cm³/mol. The average Bonchev–Trinajstić information content (AvgIpc) is 3.30. The van der Waals surface area contributed by atoms with E-state index >= 15 is 0 Å². The first-order chi connectivity index (χ1) is 31.1. The van der Waals surface area contributed by atoms with Gasteiger partial charge in [0.2, 0.25) is 5.79 Å². The van der Waals surface area contributed by atoms with Crippen LogP contribution in [0.2, 0.25) is 0 Å². The summed E-state index contributed by atoms with van der Waals surface area (Å²) < 4.78 is 31.4. The number of carbonyl (C=O) groups is 1. The summed E-state index contributed by atoms with van der Waals surface area (Å²) in [7, 11) is 1.27. The third-order valence-corrected chi connectivity index (χ3v) is 12.0. The number of nitro groups is 2. The standard InChI is InChI=1S/C46H56N4O14/c1-3-23-61-46-42(48(45(54)59-2)19-24-60-25-22-53)29-40(47-62-30-31-13-15-33(16-14-31)49(55)56)38-26-32(9-4-6-20-51)37(12-5-7-21-52)43(44(38)46)39-28-36(17-18-41(39)64-46)63-35-11-8-10-34(27-35)50(57)58/h3,8,10-11,13-18,26-28,32,37,42-44,51-53H,1,4-7,9,12,19-25,29-30H2,2H3/t32-,37+,42-,43+,44+,46+/m0/s1. The Balaban J connectivity index is 1.56. The number of fused-ring (bicyclic) bond motifs is 2. The topological polar surface area (TPSA) is 235 Å². The zero-order valence-electron chi connectivity index (χ0n) is 35.8. The van der Waals surface area contributed by atoms with Crippen LogP contribution in [0.25, 0.3) is 0 Å². The number of hydrogen-bond acceptors (Lipinski definition) is 15. The number of non-ortho nitro benzene ring substituents is 2. The van der Waals surface area contributed by atoms with Crippen molar-refractivity contribution in [2.24, 2.45) is 22.9 Å². The van der Waals surface area contributed by atoms with E-state index in [1.807, 2.05) is 6.07 Å². The van der Waals surface area contributed by atoms with Gasteiger partial charge in [-0.2, -0.15) is 0 Å². The second-order valence-electron chi connectivity index (χ2n) is 15.8. The van der Waals surface area contributed by atoms with Gasteiger partial charge in [-0.15, -0.1) is 6.58 Å². The molecule has 3 aromatic rings. The SMILES string of the molecule is C=CCO[C@@]12Oc3ccc(Oc4cccc([N+](=O)[O-])c4)cc3[C@H]3[C@H](CCCCO)[C@@H](CCCCO)C=C(C(=NOCc4ccc([N+](=O)[O-])cc4)C[C@@H]1N(CCOCCO)C(=O)OC)[C@H]32. The molecule has 18 nitrogen and oxygen atoms in total.